The molecule has 0 aliphatic heterocycles. The summed E-state index contributed by atoms with van der Waals surface area (Å²) in [6.07, 6.45) is 10.8. The Labute approximate surface area is 108 Å². The summed E-state index contributed by atoms with van der Waals surface area (Å²) in [7, 11) is 1.73. The van der Waals surface area contributed by atoms with Crippen molar-refractivity contribution in [3.63, 3.8) is 0 Å². The van der Waals surface area contributed by atoms with E-state index in [1.807, 2.05) is 33.1 Å². The van der Waals surface area contributed by atoms with E-state index in [1.54, 1.807) is 7.05 Å². The Morgan fingerprint density at radius 1 is 1.00 bits per heavy atom. The minimum absolute atomic E-state index is 0.807. The molecule has 0 fully saturated rings. The van der Waals surface area contributed by atoms with Crippen molar-refractivity contribution < 1.29 is 0 Å². The highest BCUT2D eigenvalue weighted by molar-refractivity contribution is 5.92. The molecule has 0 aliphatic rings. The summed E-state index contributed by atoms with van der Waals surface area (Å²) >= 11 is 0. The molecule has 0 bridgehead atoms. The van der Waals surface area contributed by atoms with E-state index in [0.717, 1.165) is 11.4 Å². The second-order valence-corrected chi connectivity index (χ2v) is 4.12. The summed E-state index contributed by atoms with van der Waals surface area (Å²) in [5.74, 6) is 0.807. The van der Waals surface area contributed by atoms with Crippen LogP contribution in [0.25, 0.3) is 0 Å². The van der Waals surface area contributed by atoms with Crippen LogP contribution in [0.15, 0.2) is 21.6 Å². The van der Waals surface area contributed by atoms with E-state index < -0.39 is 0 Å². The first-order valence-electron chi connectivity index (χ1n) is 6.72. The van der Waals surface area contributed by atoms with Crippen molar-refractivity contribution >= 4 is 12.1 Å². The lowest BCUT2D eigenvalue weighted by atomic mass is 10.2. The van der Waals surface area contributed by atoms with Gasteiger partial charge in [0.2, 0.25) is 0 Å². The summed E-state index contributed by atoms with van der Waals surface area (Å²) < 4.78 is 0. The average Bonchev–Trinajstić information content (AvgIpc) is 2.36. The highest BCUT2D eigenvalue weighted by Gasteiger charge is 1.80. The number of hydrogen-bond acceptors (Lipinski definition) is 1. The van der Waals surface area contributed by atoms with E-state index in [4.69, 9.17) is 0 Å². The molecule has 0 aromatic carbocycles. The summed E-state index contributed by atoms with van der Waals surface area (Å²) in [4.78, 5) is 7.96. The number of allylic oxidation sites excluding steroid dienone is 2. The third kappa shape index (κ3) is 17.7. The maximum absolute atomic E-state index is 4.07. The lowest BCUT2D eigenvalue weighted by Crippen LogP contribution is -1.86. The molecule has 0 aliphatic carbocycles. The number of unbranched alkanes of at least 4 members (excludes halogenated alkanes) is 4. The van der Waals surface area contributed by atoms with Gasteiger partial charge in [-0.2, -0.15) is 0 Å². The first-order chi connectivity index (χ1) is 8.12. The maximum Gasteiger partial charge on any atom is 0.119 e. The number of hydrogen-bond donors (Lipinski definition) is 0. The Morgan fingerprint density at radius 2 is 1.53 bits per heavy atom. The van der Waals surface area contributed by atoms with Gasteiger partial charge >= 0.3 is 0 Å². The lowest BCUT2D eigenvalue weighted by Gasteiger charge is -1.90. The van der Waals surface area contributed by atoms with Crippen LogP contribution >= 0.6 is 0 Å². The van der Waals surface area contributed by atoms with E-state index in [9.17, 15) is 0 Å². The van der Waals surface area contributed by atoms with Crippen LogP contribution in [-0.2, 0) is 0 Å². The van der Waals surface area contributed by atoms with Crippen molar-refractivity contribution in [2.45, 2.75) is 66.7 Å². The smallest absolute Gasteiger partial charge is 0.119 e. The number of aliphatic imine (C=N–C) groups is 2. The first kappa shape index (κ1) is 18.4. The van der Waals surface area contributed by atoms with Crippen LogP contribution < -0.4 is 0 Å². The van der Waals surface area contributed by atoms with Crippen LogP contribution in [0.5, 0.6) is 0 Å². The van der Waals surface area contributed by atoms with Crippen molar-refractivity contribution in [1.29, 1.82) is 0 Å². The zero-order chi connectivity index (χ0) is 13.5. The fourth-order valence-electron chi connectivity index (χ4n) is 1.00. The molecule has 0 spiro atoms. The molecule has 17 heavy (non-hydrogen) atoms. The van der Waals surface area contributed by atoms with E-state index in [-0.39, 0.29) is 0 Å². The molecule has 0 radical (unpaired) electrons. The molecule has 0 unspecified atom stereocenters. The summed E-state index contributed by atoms with van der Waals surface area (Å²) in [6, 6.07) is 0. The molecule has 0 rings (SSSR count). The maximum atomic E-state index is 4.07. The SMILES string of the molecule is C/C=C(\C)C=NC(C)=NC.CCCCCCC. The molecular weight excluding hydrogens is 208 g/mol. The second-order valence-electron chi connectivity index (χ2n) is 4.12. The van der Waals surface area contributed by atoms with Gasteiger partial charge in [0.15, 0.2) is 0 Å². The topological polar surface area (TPSA) is 24.7 Å². The van der Waals surface area contributed by atoms with Crippen molar-refractivity contribution in [3.8, 4) is 0 Å². The van der Waals surface area contributed by atoms with Crippen molar-refractivity contribution in [1.82, 2.24) is 0 Å². The molecule has 100 valence electrons. The van der Waals surface area contributed by atoms with Gasteiger partial charge in [0.25, 0.3) is 0 Å². The van der Waals surface area contributed by atoms with E-state index in [1.165, 1.54) is 32.1 Å². The van der Waals surface area contributed by atoms with Crippen LogP contribution in [0.4, 0.5) is 0 Å². The second kappa shape index (κ2) is 15.1. The van der Waals surface area contributed by atoms with E-state index in [0.29, 0.717) is 0 Å². The average molecular weight is 238 g/mol. The molecular formula is C15H30N2. The van der Waals surface area contributed by atoms with Gasteiger partial charge in [-0.25, -0.2) is 4.99 Å². The molecule has 0 saturated carbocycles. The molecule has 0 saturated heterocycles. The molecule has 0 aromatic rings. The summed E-state index contributed by atoms with van der Waals surface area (Å²) in [6.45, 7) is 10.4. The van der Waals surface area contributed by atoms with E-state index in [2.05, 4.69) is 23.8 Å². The minimum atomic E-state index is 0.807. The Bertz CT molecular complexity index is 213. The van der Waals surface area contributed by atoms with E-state index >= 15 is 0 Å². The van der Waals surface area contributed by atoms with Gasteiger partial charge in [-0.1, -0.05) is 52.0 Å². The summed E-state index contributed by atoms with van der Waals surface area (Å²) in [5, 5.41) is 0. The van der Waals surface area contributed by atoms with Crippen molar-refractivity contribution in [3.05, 3.63) is 11.6 Å². The standard InChI is InChI=1S/C8H14N2.C7H16/c1-5-7(2)6-10-8(3)9-4;1-3-5-7-6-4-2/h5-6H,1-4H3;3-7H2,1-2H3/b7-5+,9-8?,10-6?;. The van der Waals surface area contributed by atoms with Gasteiger partial charge in [-0.3, -0.25) is 4.99 Å². The number of rotatable bonds is 5. The molecule has 0 heterocycles. The number of nitrogens with zero attached hydrogens (tertiary/aromatic N) is 2. The zero-order valence-corrected chi connectivity index (χ0v) is 12.6. The lowest BCUT2D eigenvalue weighted by molar-refractivity contribution is 0.656. The van der Waals surface area contributed by atoms with Crippen LogP contribution in [0.3, 0.4) is 0 Å². The molecule has 0 amide bonds. The largest absolute Gasteiger partial charge is 0.274 e. The Kier molecular flexibility index (Phi) is 16.4. The van der Waals surface area contributed by atoms with Crippen LogP contribution in [0.1, 0.15) is 66.7 Å². The van der Waals surface area contributed by atoms with Gasteiger partial charge in [0.05, 0.1) is 0 Å². The highest BCUT2D eigenvalue weighted by Crippen LogP contribution is 2.00. The third-order valence-electron chi connectivity index (χ3n) is 2.44. The monoisotopic (exact) mass is 238 g/mol. The van der Waals surface area contributed by atoms with Gasteiger partial charge in [-0.05, 0) is 26.3 Å². The van der Waals surface area contributed by atoms with Gasteiger partial charge < -0.3 is 0 Å². The van der Waals surface area contributed by atoms with Crippen molar-refractivity contribution in [2.24, 2.45) is 9.98 Å². The predicted molar refractivity (Wildman–Crippen MR) is 81.4 cm³/mol. The van der Waals surface area contributed by atoms with Crippen LogP contribution in [-0.4, -0.2) is 19.1 Å². The Hall–Kier alpha value is -0.920. The number of amidine groups is 1. The highest BCUT2D eigenvalue weighted by atomic mass is 14.9. The first-order valence-corrected chi connectivity index (χ1v) is 6.72. The summed E-state index contributed by atoms with van der Waals surface area (Å²) in [5.41, 5.74) is 1.16. The fourth-order valence-corrected chi connectivity index (χ4v) is 1.00. The minimum Gasteiger partial charge on any atom is -0.274 e. The van der Waals surface area contributed by atoms with Crippen molar-refractivity contribution in [2.75, 3.05) is 7.05 Å². The van der Waals surface area contributed by atoms with Gasteiger partial charge in [0, 0.05) is 13.3 Å². The normalized spacial score (nSPS) is 12.6. The molecule has 0 atom stereocenters. The molecule has 0 N–H and O–H groups in total. The van der Waals surface area contributed by atoms with Crippen LogP contribution in [0.2, 0.25) is 0 Å². The van der Waals surface area contributed by atoms with Gasteiger partial charge in [-0.15, -0.1) is 0 Å². The molecule has 2 nitrogen and oxygen atoms in total. The Balaban J connectivity index is 0. The van der Waals surface area contributed by atoms with Gasteiger partial charge in [0.1, 0.15) is 5.84 Å². The Morgan fingerprint density at radius 3 is 1.88 bits per heavy atom. The van der Waals surface area contributed by atoms with Crippen LogP contribution in [0, 0.1) is 0 Å². The molecule has 0 aromatic heterocycles. The fraction of sp³-hybridized carbons (Fsp3) is 0.733. The quantitative estimate of drug-likeness (QED) is 0.364. The molecule has 2 heteroatoms. The zero-order valence-electron chi connectivity index (χ0n) is 12.6. The predicted octanol–water partition coefficient (Wildman–Crippen LogP) is 5.05. The third-order valence-corrected chi connectivity index (χ3v) is 2.44.